The van der Waals surface area contributed by atoms with Crippen LogP contribution in [0.4, 0.5) is 10.1 Å². The van der Waals surface area contributed by atoms with Crippen LogP contribution in [0.5, 0.6) is 11.5 Å². The summed E-state index contributed by atoms with van der Waals surface area (Å²) in [6.07, 6.45) is 1.55. The van der Waals surface area contributed by atoms with E-state index in [2.05, 4.69) is 4.99 Å². The first kappa shape index (κ1) is 22.7. The minimum absolute atomic E-state index is 0.0166. The third kappa shape index (κ3) is 5.26. The number of carbonyl (C=O) groups is 1. The zero-order valence-corrected chi connectivity index (χ0v) is 18.1. The summed E-state index contributed by atoms with van der Waals surface area (Å²) in [4.78, 5) is 27.0. The van der Waals surface area contributed by atoms with Gasteiger partial charge in [0.25, 0.3) is 5.69 Å². The summed E-state index contributed by atoms with van der Waals surface area (Å²) in [7, 11) is 0. The molecule has 1 aliphatic heterocycles. The third-order valence-electron chi connectivity index (χ3n) is 4.80. The summed E-state index contributed by atoms with van der Waals surface area (Å²) in [6, 6.07) is 16.7. The number of benzene rings is 3. The number of aliphatic imine (C=N–C) groups is 1. The van der Waals surface area contributed by atoms with E-state index in [4.69, 9.17) is 14.2 Å². The van der Waals surface area contributed by atoms with Crippen LogP contribution in [0.2, 0.25) is 0 Å². The number of carbonyl (C=O) groups excluding carboxylic acids is 1. The Morgan fingerprint density at radius 1 is 1.06 bits per heavy atom. The van der Waals surface area contributed by atoms with Crippen molar-refractivity contribution in [1.82, 2.24) is 0 Å². The van der Waals surface area contributed by atoms with E-state index in [0.717, 1.165) is 0 Å². The van der Waals surface area contributed by atoms with Gasteiger partial charge in [-0.2, -0.15) is 0 Å². The first-order valence-electron chi connectivity index (χ1n) is 10.3. The Morgan fingerprint density at radius 2 is 1.85 bits per heavy atom. The Hall–Kier alpha value is -4.53. The first-order chi connectivity index (χ1) is 16.4. The van der Waals surface area contributed by atoms with Crippen LogP contribution in [0, 0.1) is 15.9 Å². The van der Waals surface area contributed by atoms with Gasteiger partial charge in [0.2, 0.25) is 5.90 Å². The van der Waals surface area contributed by atoms with Gasteiger partial charge in [0, 0.05) is 17.7 Å². The van der Waals surface area contributed by atoms with Crippen molar-refractivity contribution >= 4 is 23.6 Å². The molecular formula is C25H19FN2O6. The normalized spacial score (nSPS) is 14.0. The van der Waals surface area contributed by atoms with Crippen molar-refractivity contribution in [3.63, 3.8) is 0 Å². The highest BCUT2D eigenvalue weighted by atomic mass is 19.1. The number of nitrogens with zero attached hydrogens (tertiary/aromatic N) is 2. The van der Waals surface area contributed by atoms with Crippen LogP contribution >= 0.6 is 0 Å². The molecule has 172 valence electrons. The lowest BCUT2D eigenvalue weighted by Crippen LogP contribution is -2.05. The predicted molar refractivity (Wildman–Crippen MR) is 122 cm³/mol. The summed E-state index contributed by atoms with van der Waals surface area (Å²) in [6.45, 7) is 2.31. The van der Waals surface area contributed by atoms with Gasteiger partial charge in [-0.1, -0.05) is 18.2 Å². The van der Waals surface area contributed by atoms with Crippen molar-refractivity contribution in [1.29, 1.82) is 0 Å². The van der Waals surface area contributed by atoms with Gasteiger partial charge in [-0.15, -0.1) is 0 Å². The smallest absolute Gasteiger partial charge is 0.363 e. The molecule has 0 saturated carbocycles. The maximum atomic E-state index is 13.1. The van der Waals surface area contributed by atoms with Gasteiger partial charge in [0.15, 0.2) is 17.2 Å². The second-order valence-electron chi connectivity index (χ2n) is 7.20. The number of non-ortho nitro benzene ring substituents is 1. The van der Waals surface area contributed by atoms with Gasteiger partial charge in [0.05, 0.1) is 11.5 Å². The van der Waals surface area contributed by atoms with E-state index < -0.39 is 16.7 Å². The summed E-state index contributed by atoms with van der Waals surface area (Å²) in [5, 5.41) is 11.0. The van der Waals surface area contributed by atoms with Gasteiger partial charge < -0.3 is 14.2 Å². The average molecular weight is 462 g/mol. The Balaban J connectivity index is 1.54. The zero-order valence-electron chi connectivity index (χ0n) is 18.1. The van der Waals surface area contributed by atoms with Crippen LogP contribution in [-0.4, -0.2) is 23.4 Å². The molecule has 3 aromatic carbocycles. The highest BCUT2D eigenvalue weighted by molar-refractivity contribution is 6.12. The SMILES string of the molecule is CCOc1cc(C=C2N=C(c3ccc(F)cc3)OC2=O)ccc1OCc1cccc([N+](=O)[O-])c1. The molecule has 0 radical (unpaired) electrons. The highest BCUT2D eigenvalue weighted by Crippen LogP contribution is 2.31. The zero-order chi connectivity index (χ0) is 24.1. The number of hydrogen-bond donors (Lipinski definition) is 0. The lowest BCUT2D eigenvalue weighted by atomic mass is 10.1. The topological polar surface area (TPSA) is 100 Å². The number of rotatable bonds is 8. The number of nitro benzene ring substituents is 1. The number of hydrogen-bond acceptors (Lipinski definition) is 7. The second kappa shape index (κ2) is 9.95. The van der Waals surface area contributed by atoms with E-state index >= 15 is 0 Å². The fourth-order valence-corrected chi connectivity index (χ4v) is 3.21. The molecule has 0 fully saturated rings. The monoisotopic (exact) mass is 462 g/mol. The lowest BCUT2D eigenvalue weighted by Gasteiger charge is -2.13. The molecule has 3 aromatic rings. The molecule has 0 N–H and O–H groups in total. The van der Waals surface area contributed by atoms with Crippen molar-refractivity contribution in [3.05, 3.63) is 105 Å². The van der Waals surface area contributed by atoms with Gasteiger partial charge in [0.1, 0.15) is 12.4 Å². The van der Waals surface area contributed by atoms with Gasteiger partial charge in [-0.05, 0) is 60.5 Å². The summed E-state index contributed by atoms with van der Waals surface area (Å²) >= 11 is 0. The van der Waals surface area contributed by atoms with Crippen LogP contribution < -0.4 is 9.47 Å². The average Bonchev–Trinajstić information content (AvgIpc) is 3.19. The van der Waals surface area contributed by atoms with Crippen molar-refractivity contribution in [2.24, 2.45) is 4.99 Å². The molecule has 1 heterocycles. The quantitative estimate of drug-likeness (QED) is 0.201. The summed E-state index contributed by atoms with van der Waals surface area (Å²) in [5.41, 5.74) is 1.82. The maximum Gasteiger partial charge on any atom is 0.363 e. The van der Waals surface area contributed by atoms with Crippen molar-refractivity contribution in [2.45, 2.75) is 13.5 Å². The van der Waals surface area contributed by atoms with Crippen LogP contribution in [0.3, 0.4) is 0 Å². The number of cyclic esters (lactones) is 1. The second-order valence-corrected chi connectivity index (χ2v) is 7.20. The summed E-state index contributed by atoms with van der Waals surface area (Å²) < 4.78 is 29.8. The lowest BCUT2D eigenvalue weighted by molar-refractivity contribution is -0.384. The Labute approximate surface area is 194 Å². The molecule has 0 aliphatic carbocycles. The van der Waals surface area contributed by atoms with Crippen molar-refractivity contribution in [3.8, 4) is 11.5 Å². The number of halogens is 1. The van der Waals surface area contributed by atoms with Crippen molar-refractivity contribution < 1.29 is 28.3 Å². The molecule has 9 heteroatoms. The molecule has 0 unspecified atom stereocenters. The van der Waals surface area contributed by atoms with Crippen LogP contribution in [0.15, 0.2) is 77.4 Å². The third-order valence-corrected chi connectivity index (χ3v) is 4.80. The van der Waals surface area contributed by atoms with Crippen LogP contribution in [-0.2, 0) is 16.1 Å². The number of esters is 1. The Kier molecular flexibility index (Phi) is 6.63. The highest BCUT2D eigenvalue weighted by Gasteiger charge is 2.24. The molecule has 0 bridgehead atoms. The number of nitro groups is 1. The minimum Gasteiger partial charge on any atom is -0.490 e. The molecule has 0 saturated heterocycles. The minimum atomic E-state index is -0.622. The molecule has 8 nitrogen and oxygen atoms in total. The molecule has 34 heavy (non-hydrogen) atoms. The van der Waals surface area contributed by atoms with E-state index in [1.54, 1.807) is 36.4 Å². The fourth-order valence-electron chi connectivity index (χ4n) is 3.21. The molecular weight excluding hydrogens is 443 g/mol. The van der Waals surface area contributed by atoms with Gasteiger partial charge >= 0.3 is 5.97 Å². The molecule has 1 aliphatic rings. The van der Waals surface area contributed by atoms with E-state index in [1.165, 1.54) is 36.4 Å². The van der Waals surface area contributed by atoms with E-state index in [1.807, 2.05) is 6.92 Å². The molecule has 4 rings (SSSR count). The van der Waals surface area contributed by atoms with Gasteiger partial charge in [-0.25, -0.2) is 14.2 Å². The van der Waals surface area contributed by atoms with Gasteiger partial charge in [-0.3, -0.25) is 10.1 Å². The predicted octanol–water partition coefficient (Wildman–Crippen LogP) is 5.06. The van der Waals surface area contributed by atoms with Crippen LogP contribution in [0.25, 0.3) is 6.08 Å². The van der Waals surface area contributed by atoms with Crippen molar-refractivity contribution in [2.75, 3.05) is 6.61 Å². The standard InChI is InChI=1S/C25H19FN2O6/c1-2-32-23-14-16(6-11-22(23)33-15-17-4-3-5-20(12-17)28(30)31)13-21-25(29)34-24(27-21)18-7-9-19(26)10-8-18/h3-14H,2,15H2,1H3. The Bertz CT molecular complexity index is 1300. The summed E-state index contributed by atoms with van der Waals surface area (Å²) in [5.74, 6) is -0.0430. The largest absolute Gasteiger partial charge is 0.490 e. The van der Waals surface area contributed by atoms with E-state index in [-0.39, 0.29) is 23.9 Å². The molecule has 0 aromatic heterocycles. The van der Waals surface area contributed by atoms with Crippen LogP contribution in [0.1, 0.15) is 23.6 Å². The maximum absolute atomic E-state index is 13.1. The number of ether oxygens (including phenoxy) is 3. The van der Waals surface area contributed by atoms with E-state index in [9.17, 15) is 19.3 Å². The fraction of sp³-hybridized carbons (Fsp3) is 0.120. The first-order valence-corrected chi connectivity index (χ1v) is 10.3. The Morgan fingerprint density at radius 3 is 2.59 bits per heavy atom. The molecule has 0 amide bonds. The molecule has 0 atom stereocenters. The molecule has 0 spiro atoms. The van der Waals surface area contributed by atoms with E-state index in [0.29, 0.717) is 34.8 Å².